The Labute approximate surface area is 165 Å². The molecule has 10 heteroatoms. The summed E-state index contributed by atoms with van der Waals surface area (Å²) in [6, 6.07) is 13.7. The molecule has 1 atom stereocenters. The van der Waals surface area contributed by atoms with Crippen molar-refractivity contribution in [3.05, 3.63) is 75.6 Å². The van der Waals surface area contributed by atoms with E-state index in [4.69, 9.17) is 5.84 Å². The van der Waals surface area contributed by atoms with E-state index < -0.39 is 16.1 Å². The Morgan fingerprint density at radius 2 is 1.93 bits per heavy atom. The number of hydrogen-bond donors (Lipinski definition) is 2. The Balaban J connectivity index is 1.93. The maximum absolute atomic E-state index is 13.0. The molecule has 28 heavy (non-hydrogen) atoms. The third kappa shape index (κ3) is 4.12. The van der Waals surface area contributed by atoms with Gasteiger partial charge in [-0.05, 0) is 31.0 Å². The topological polar surface area (TPSA) is 129 Å². The summed E-state index contributed by atoms with van der Waals surface area (Å²) >= 11 is 1.12. The number of benzene rings is 2. The van der Waals surface area contributed by atoms with Crippen LogP contribution in [0.2, 0.25) is 0 Å². The summed E-state index contributed by atoms with van der Waals surface area (Å²) in [5.74, 6) is 5.99. The van der Waals surface area contributed by atoms with Crippen LogP contribution in [-0.2, 0) is 4.79 Å². The maximum Gasteiger partial charge on any atom is 0.293 e. The molecule has 0 aliphatic carbocycles. The van der Waals surface area contributed by atoms with E-state index in [-0.39, 0.29) is 11.4 Å². The van der Waals surface area contributed by atoms with Gasteiger partial charge in [-0.25, -0.2) is 4.68 Å². The number of hydrogen-bond acceptors (Lipinski definition) is 7. The van der Waals surface area contributed by atoms with Crippen molar-refractivity contribution in [1.29, 1.82) is 0 Å². The summed E-state index contributed by atoms with van der Waals surface area (Å²) in [6.07, 6.45) is 0. The van der Waals surface area contributed by atoms with Gasteiger partial charge in [0.1, 0.15) is 16.8 Å². The van der Waals surface area contributed by atoms with Gasteiger partial charge in [0.2, 0.25) is 11.1 Å². The first-order valence-corrected chi connectivity index (χ1v) is 9.19. The molecule has 9 nitrogen and oxygen atoms in total. The Bertz CT molecular complexity index is 1020. The number of aryl methyl sites for hydroxylation is 2. The number of amides is 1. The van der Waals surface area contributed by atoms with Crippen molar-refractivity contribution in [2.45, 2.75) is 24.3 Å². The van der Waals surface area contributed by atoms with Crippen LogP contribution >= 0.6 is 11.8 Å². The van der Waals surface area contributed by atoms with Crippen LogP contribution in [-0.4, -0.2) is 25.7 Å². The fourth-order valence-electron chi connectivity index (χ4n) is 2.53. The van der Waals surface area contributed by atoms with Gasteiger partial charge in [0, 0.05) is 6.07 Å². The summed E-state index contributed by atoms with van der Waals surface area (Å²) in [5, 5.41) is 21.5. The molecule has 0 spiro atoms. The van der Waals surface area contributed by atoms with E-state index in [0.29, 0.717) is 16.5 Å². The number of nitrogens with two attached hydrogens (primary N) is 1. The SMILES string of the molecule is Cc1ccc(NC(=O)[C@@H](Sc2nnc(C)n2N)c2ccccc2)c([N+](=O)[O-])c1. The lowest BCUT2D eigenvalue weighted by molar-refractivity contribution is -0.384. The molecular weight excluding hydrogens is 380 g/mol. The molecule has 0 bridgehead atoms. The molecule has 1 heterocycles. The number of thioether (sulfide) groups is 1. The lowest BCUT2D eigenvalue weighted by Gasteiger charge is -2.16. The number of carbonyl (C=O) groups excluding carboxylic acids is 1. The lowest BCUT2D eigenvalue weighted by Crippen LogP contribution is -2.21. The highest BCUT2D eigenvalue weighted by Crippen LogP contribution is 2.36. The Morgan fingerprint density at radius 1 is 1.21 bits per heavy atom. The zero-order chi connectivity index (χ0) is 20.3. The summed E-state index contributed by atoms with van der Waals surface area (Å²) in [5.41, 5.74) is 1.40. The highest BCUT2D eigenvalue weighted by Gasteiger charge is 2.27. The molecule has 2 aromatic carbocycles. The number of rotatable bonds is 6. The van der Waals surface area contributed by atoms with Crippen LogP contribution in [0.4, 0.5) is 11.4 Å². The van der Waals surface area contributed by atoms with Crippen molar-refractivity contribution in [1.82, 2.24) is 14.9 Å². The van der Waals surface area contributed by atoms with Gasteiger partial charge >= 0.3 is 0 Å². The maximum atomic E-state index is 13.0. The smallest absolute Gasteiger partial charge is 0.293 e. The zero-order valence-corrected chi connectivity index (χ0v) is 16.0. The van der Waals surface area contributed by atoms with Crippen molar-refractivity contribution in [2.75, 3.05) is 11.2 Å². The molecular formula is C18H18N6O3S. The van der Waals surface area contributed by atoms with Crippen LogP contribution in [0.5, 0.6) is 0 Å². The summed E-state index contributed by atoms with van der Waals surface area (Å²) in [6.45, 7) is 3.45. The Hall–Kier alpha value is -3.40. The van der Waals surface area contributed by atoms with Gasteiger partial charge in [0.25, 0.3) is 5.69 Å². The minimum Gasteiger partial charge on any atom is -0.336 e. The Kier molecular flexibility index (Phi) is 5.59. The van der Waals surface area contributed by atoms with Crippen molar-refractivity contribution in [2.24, 2.45) is 0 Å². The average Bonchev–Trinajstić information content (AvgIpc) is 2.99. The van der Waals surface area contributed by atoms with Crippen LogP contribution < -0.4 is 11.2 Å². The number of nitro groups is 1. The third-order valence-electron chi connectivity index (χ3n) is 4.01. The molecule has 1 aromatic heterocycles. The molecule has 0 radical (unpaired) electrons. The van der Waals surface area contributed by atoms with Gasteiger partial charge in [-0.3, -0.25) is 14.9 Å². The van der Waals surface area contributed by atoms with Gasteiger partial charge in [0.15, 0.2) is 0 Å². The number of nitrogen functional groups attached to an aromatic ring is 1. The van der Waals surface area contributed by atoms with Gasteiger partial charge in [-0.15, -0.1) is 10.2 Å². The quantitative estimate of drug-likeness (QED) is 0.283. The number of nitro benzene ring substituents is 1. The molecule has 144 valence electrons. The van der Waals surface area contributed by atoms with E-state index in [0.717, 1.165) is 17.3 Å². The number of nitrogens with one attached hydrogen (secondary N) is 1. The first kappa shape index (κ1) is 19.4. The molecule has 1 amide bonds. The number of aromatic nitrogens is 3. The molecule has 3 aromatic rings. The van der Waals surface area contributed by atoms with Crippen molar-refractivity contribution in [3.8, 4) is 0 Å². The van der Waals surface area contributed by atoms with E-state index in [1.54, 1.807) is 32.0 Å². The van der Waals surface area contributed by atoms with E-state index in [1.165, 1.54) is 16.8 Å². The largest absolute Gasteiger partial charge is 0.336 e. The average molecular weight is 398 g/mol. The van der Waals surface area contributed by atoms with Gasteiger partial charge < -0.3 is 11.2 Å². The molecule has 3 N–H and O–H groups in total. The highest BCUT2D eigenvalue weighted by atomic mass is 32.2. The molecule has 3 rings (SSSR count). The fourth-order valence-corrected chi connectivity index (χ4v) is 3.54. The van der Waals surface area contributed by atoms with Crippen LogP contribution in [0.3, 0.4) is 0 Å². The van der Waals surface area contributed by atoms with Crippen molar-refractivity contribution >= 4 is 29.0 Å². The van der Waals surface area contributed by atoms with Gasteiger partial charge in [0.05, 0.1) is 4.92 Å². The molecule has 0 aliphatic heterocycles. The van der Waals surface area contributed by atoms with Crippen LogP contribution in [0, 0.1) is 24.0 Å². The zero-order valence-electron chi connectivity index (χ0n) is 15.2. The van der Waals surface area contributed by atoms with Gasteiger partial charge in [-0.2, -0.15) is 0 Å². The second-order valence-electron chi connectivity index (χ2n) is 6.08. The summed E-state index contributed by atoms with van der Waals surface area (Å²) in [7, 11) is 0. The number of anilines is 1. The molecule has 0 saturated heterocycles. The molecule has 0 aliphatic rings. The standard InChI is InChI=1S/C18H18N6O3S/c1-11-8-9-14(15(10-11)24(26)27)20-17(25)16(13-6-4-3-5-7-13)28-18-22-21-12(2)23(18)19/h3-10,16H,19H2,1-2H3,(H,20,25)/t16-/m0/s1. The monoisotopic (exact) mass is 398 g/mol. The lowest BCUT2D eigenvalue weighted by atomic mass is 10.1. The first-order valence-electron chi connectivity index (χ1n) is 8.31. The Morgan fingerprint density at radius 3 is 2.54 bits per heavy atom. The summed E-state index contributed by atoms with van der Waals surface area (Å²) in [4.78, 5) is 23.9. The molecule has 0 unspecified atom stereocenters. The second-order valence-corrected chi connectivity index (χ2v) is 7.15. The predicted octanol–water partition coefficient (Wildman–Crippen LogP) is 2.99. The van der Waals surface area contributed by atoms with Crippen LogP contribution in [0.25, 0.3) is 0 Å². The number of nitrogens with zero attached hydrogens (tertiary/aromatic N) is 4. The van der Waals surface area contributed by atoms with E-state index in [1.807, 2.05) is 18.2 Å². The summed E-state index contributed by atoms with van der Waals surface area (Å²) < 4.78 is 1.29. The van der Waals surface area contributed by atoms with Gasteiger partial charge in [-0.1, -0.05) is 48.2 Å². The number of carbonyl (C=O) groups is 1. The highest BCUT2D eigenvalue weighted by molar-refractivity contribution is 8.00. The van der Waals surface area contributed by atoms with Crippen LogP contribution in [0.1, 0.15) is 22.2 Å². The minimum absolute atomic E-state index is 0.132. The molecule has 0 fully saturated rings. The van der Waals surface area contributed by atoms with E-state index >= 15 is 0 Å². The van der Waals surface area contributed by atoms with Crippen molar-refractivity contribution < 1.29 is 9.72 Å². The normalized spacial score (nSPS) is 11.8. The third-order valence-corrected chi connectivity index (χ3v) is 5.22. The fraction of sp³-hybridized carbons (Fsp3) is 0.167. The van der Waals surface area contributed by atoms with E-state index in [9.17, 15) is 14.9 Å². The van der Waals surface area contributed by atoms with E-state index in [2.05, 4.69) is 15.5 Å². The second kappa shape index (κ2) is 8.09. The minimum atomic E-state index is -0.729. The first-order chi connectivity index (χ1) is 13.4. The van der Waals surface area contributed by atoms with Crippen molar-refractivity contribution in [3.63, 3.8) is 0 Å². The molecule has 0 saturated carbocycles. The van der Waals surface area contributed by atoms with Crippen LogP contribution in [0.15, 0.2) is 53.7 Å². The predicted molar refractivity (Wildman–Crippen MR) is 106 cm³/mol.